The highest BCUT2D eigenvalue weighted by Gasteiger charge is 2.54. The molecule has 0 radical (unpaired) electrons. The van der Waals surface area contributed by atoms with Crippen molar-refractivity contribution in [2.75, 3.05) is 97.3 Å². The molecule has 2 aromatic rings. The second-order valence-corrected chi connectivity index (χ2v) is 40.3. The lowest BCUT2D eigenvalue weighted by atomic mass is 9.97. The Bertz CT molecular complexity index is 1920. The summed E-state index contributed by atoms with van der Waals surface area (Å²) in [4.78, 5) is 3.82. The van der Waals surface area contributed by atoms with E-state index in [9.17, 15) is 15.3 Å². The van der Waals surface area contributed by atoms with Crippen molar-refractivity contribution in [3.63, 3.8) is 0 Å². The first-order valence-electron chi connectivity index (χ1n) is 28.3. The molecule has 0 spiro atoms. The minimum Gasteiger partial charge on any atom is -0.510 e. The summed E-state index contributed by atoms with van der Waals surface area (Å²) in [5.41, 5.74) is 17.6. The highest BCUT2D eigenvalue weighted by Crippen LogP contribution is 2.32. The first-order valence-corrected chi connectivity index (χ1v) is 40.9. The Morgan fingerprint density at radius 2 is 1.26 bits per heavy atom. The number of anilines is 2. The molecule has 11 N–H and O–H groups in total. The minimum absolute atomic E-state index is 0.0213. The van der Waals surface area contributed by atoms with Crippen LogP contribution in [-0.2, 0) is 53.0 Å². The third kappa shape index (κ3) is 30.1. The van der Waals surface area contributed by atoms with E-state index in [1.165, 1.54) is 5.56 Å². The van der Waals surface area contributed by atoms with Gasteiger partial charge in [-0.25, -0.2) is 0 Å². The SMILES string of the molecule is C=C(O)COCCC[SiH](NC(C)COCC(C)N)O[Si](O[Si](C)(C)CCCOCC(O)CNc1c(CC)cc(CC)c(N)c1C)(O[Si](C)(C)O[Si](C)(C)CCCOCC(O)CNC(C)COCC(C)NC)c1ccccc1. The largest absolute Gasteiger partial charge is 0.510 e. The van der Waals surface area contributed by atoms with E-state index >= 15 is 0 Å². The molecule has 0 bridgehead atoms. The predicted molar refractivity (Wildman–Crippen MR) is 327 cm³/mol. The molecular formula is C54H108N6O12Si5. The molecule has 446 valence electrons. The topological polar surface area (TPSA) is 244 Å². The van der Waals surface area contributed by atoms with Gasteiger partial charge in [0.25, 0.3) is 0 Å². The van der Waals surface area contributed by atoms with Crippen molar-refractivity contribution >= 4 is 59.8 Å². The standard InChI is InChI=1S/C54H108N6O12Si5/c1-16-48-32-49(17-2)54(47(8)53(48)56)59-34-51(63)41-66-28-23-31-75(12,13)71-77(52-24-19-18-20-25-52,69-73(29-21-26-64-39-46(7)61)60-45(6)38-67-35-42(3)55)72-76(14,15)70-74(10,11)30-22-27-65-40-50(62)33-58-44(5)37-68-36-43(4)57-9/h18-20,24-25,32,42-45,50-51,57-63,73H,7,16-17,21-23,26-31,33-41,55-56H2,1-6,8-15H3. The van der Waals surface area contributed by atoms with Gasteiger partial charge >= 0.3 is 17.4 Å². The van der Waals surface area contributed by atoms with Crippen LogP contribution in [0.4, 0.5) is 11.4 Å². The van der Waals surface area contributed by atoms with Crippen molar-refractivity contribution in [3.05, 3.63) is 65.4 Å². The molecule has 2 rings (SSSR count). The van der Waals surface area contributed by atoms with Gasteiger partial charge in [-0.2, -0.15) is 0 Å². The molecule has 2 aromatic carbocycles. The Balaban J connectivity index is 2.32. The van der Waals surface area contributed by atoms with Gasteiger partial charge in [0.2, 0.25) is 9.20 Å². The molecule has 0 aliphatic rings. The van der Waals surface area contributed by atoms with E-state index in [4.69, 9.17) is 51.6 Å². The van der Waals surface area contributed by atoms with Crippen LogP contribution in [0.1, 0.15) is 77.5 Å². The number of hydrogen-bond acceptors (Lipinski definition) is 18. The Morgan fingerprint density at radius 1 is 0.701 bits per heavy atom. The van der Waals surface area contributed by atoms with E-state index in [1.54, 1.807) is 0 Å². The molecule has 0 saturated heterocycles. The van der Waals surface area contributed by atoms with Gasteiger partial charge in [0.1, 0.15) is 12.4 Å². The predicted octanol–water partition coefficient (Wildman–Crippen LogP) is 6.32. The maximum absolute atomic E-state index is 11.0. The Morgan fingerprint density at radius 3 is 1.84 bits per heavy atom. The Kier molecular flexibility index (Phi) is 34.4. The third-order valence-electron chi connectivity index (χ3n) is 12.7. The second-order valence-electron chi connectivity index (χ2n) is 22.5. The van der Waals surface area contributed by atoms with Gasteiger partial charge in [0.05, 0.1) is 51.8 Å². The molecular weight excluding hydrogens is 1070 g/mol. The summed E-state index contributed by atoms with van der Waals surface area (Å²) in [5.74, 6) is -0.0213. The molecule has 8 unspecified atom stereocenters. The van der Waals surface area contributed by atoms with E-state index in [-0.39, 0.29) is 49.7 Å². The Hall–Kier alpha value is -1.94. The Labute approximate surface area is 471 Å². The average Bonchev–Trinajstić information content (AvgIpc) is 3.34. The number of likely N-dealkylation sites (N-methyl/N-ethyl adjacent to an activating group) is 1. The molecule has 0 saturated carbocycles. The molecule has 23 heteroatoms. The highest BCUT2D eigenvalue weighted by atomic mass is 28.5. The van der Waals surface area contributed by atoms with Crippen LogP contribution in [0.5, 0.6) is 0 Å². The quantitative estimate of drug-likeness (QED) is 0.0153. The number of nitrogen functional groups attached to an aromatic ring is 1. The molecule has 8 atom stereocenters. The molecule has 18 nitrogen and oxygen atoms in total. The number of aliphatic hydroxyl groups is 3. The molecule has 0 aromatic heterocycles. The number of hydrogen-bond donors (Lipinski definition) is 9. The van der Waals surface area contributed by atoms with Gasteiger partial charge in [-0.1, -0.05) is 56.8 Å². The number of nitrogens with two attached hydrogens (primary N) is 2. The maximum atomic E-state index is 11.0. The van der Waals surface area contributed by atoms with E-state index in [2.05, 4.69) is 113 Å². The molecule has 0 fully saturated rings. The normalized spacial score (nSPS) is 16.1. The molecule has 0 heterocycles. The number of nitrogens with one attached hydrogen (secondary N) is 4. The fraction of sp³-hybridized carbons (Fsp3) is 0.741. The monoisotopic (exact) mass is 1170 g/mol. The van der Waals surface area contributed by atoms with Gasteiger partial charge in [-0.3, -0.25) is 0 Å². The van der Waals surface area contributed by atoms with E-state index in [0.717, 1.165) is 59.0 Å². The average molecular weight is 1170 g/mol. The summed E-state index contributed by atoms with van der Waals surface area (Å²) in [6, 6.07) is 14.7. The lowest BCUT2D eigenvalue weighted by molar-refractivity contribution is 0.0326. The van der Waals surface area contributed by atoms with Crippen LogP contribution in [0.25, 0.3) is 0 Å². The molecule has 0 amide bonds. The van der Waals surface area contributed by atoms with E-state index in [0.29, 0.717) is 78.2 Å². The van der Waals surface area contributed by atoms with Gasteiger partial charge < -0.3 is 87.9 Å². The zero-order valence-corrected chi connectivity index (χ0v) is 55.2. The summed E-state index contributed by atoms with van der Waals surface area (Å²) in [6.07, 6.45) is 2.53. The first kappa shape index (κ1) is 71.2. The summed E-state index contributed by atoms with van der Waals surface area (Å²) in [5, 5.41) is 42.2. The van der Waals surface area contributed by atoms with Crippen molar-refractivity contribution in [2.24, 2.45) is 5.73 Å². The third-order valence-corrected chi connectivity index (χ3v) is 31.6. The van der Waals surface area contributed by atoms with Crippen molar-refractivity contribution in [2.45, 2.75) is 174 Å². The van der Waals surface area contributed by atoms with Crippen LogP contribution in [0.3, 0.4) is 0 Å². The van der Waals surface area contributed by atoms with Crippen LogP contribution in [0.15, 0.2) is 48.7 Å². The first-order chi connectivity index (χ1) is 36.3. The van der Waals surface area contributed by atoms with E-state index in [1.807, 2.05) is 46.0 Å². The fourth-order valence-corrected chi connectivity index (χ4v) is 30.5. The van der Waals surface area contributed by atoms with E-state index < -0.39 is 55.4 Å². The molecule has 0 aliphatic heterocycles. The van der Waals surface area contributed by atoms with Crippen LogP contribution >= 0.6 is 0 Å². The van der Waals surface area contributed by atoms with Gasteiger partial charge in [-0.05, 0) is 148 Å². The van der Waals surface area contributed by atoms with Gasteiger partial charge in [0.15, 0.2) is 16.6 Å². The zero-order valence-electron chi connectivity index (χ0n) is 50.0. The fourth-order valence-electron chi connectivity index (χ4n) is 8.76. The number of rotatable bonds is 46. The lowest BCUT2D eigenvalue weighted by Crippen LogP contribution is -2.69. The molecule has 77 heavy (non-hydrogen) atoms. The summed E-state index contributed by atoms with van der Waals surface area (Å²) < 4.78 is 59.6. The summed E-state index contributed by atoms with van der Waals surface area (Å²) in [6.45, 7) is 35.7. The number of aliphatic hydroxyl groups excluding tert-OH is 3. The lowest BCUT2D eigenvalue weighted by Gasteiger charge is -2.44. The van der Waals surface area contributed by atoms with Crippen molar-refractivity contribution in [1.82, 2.24) is 15.6 Å². The highest BCUT2D eigenvalue weighted by molar-refractivity contribution is 6.94. The summed E-state index contributed by atoms with van der Waals surface area (Å²) in [7, 11) is -12.5. The van der Waals surface area contributed by atoms with Gasteiger partial charge in [0, 0.05) is 73.6 Å². The van der Waals surface area contributed by atoms with Crippen molar-refractivity contribution in [1.29, 1.82) is 0 Å². The summed E-state index contributed by atoms with van der Waals surface area (Å²) >= 11 is 0. The zero-order chi connectivity index (χ0) is 57.7. The minimum atomic E-state index is -3.85. The van der Waals surface area contributed by atoms with Crippen LogP contribution in [-0.4, -0.2) is 181 Å². The van der Waals surface area contributed by atoms with Crippen molar-refractivity contribution in [3.8, 4) is 0 Å². The second kappa shape index (κ2) is 37.2. The van der Waals surface area contributed by atoms with Gasteiger partial charge in [-0.15, -0.1) is 0 Å². The number of aryl methyl sites for hydroxylation is 2. The number of benzene rings is 2. The van der Waals surface area contributed by atoms with Crippen molar-refractivity contribution < 1.29 is 55.5 Å². The van der Waals surface area contributed by atoms with Crippen LogP contribution < -0.4 is 37.6 Å². The maximum Gasteiger partial charge on any atom is 0.508 e. The number of ether oxygens (including phenoxy) is 5. The molecule has 0 aliphatic carbocycles. The smallest absolute Gasteiger partial charge is 0.508 e. The van der Waals surface area contributed by atoms with Crippen LogP contribution in [0, 0.1) is 6.92 Å². The van der Waals surface area contributed by atoms with Crippen LogP contribution in [0.2, 0.25) is 57.4 Å².